The minimum Gasteiger partial charge on any atom is -0.497 e. The average Bonchev–Trinajstić information content (AvgIpc) is 3.06. The smallest absolute Gasteiger partial charge is 0.272 e. The van der Waals surface area contributed by atoms with Crippen molar-refractivity contribution < 1.29 is 9.53 Å². The molecule has 0 bridgehead atoms. The average molecular weight is 365 g/mol. The molecule has 1 unspecified atom stereocenters. The highest BCUT2D eigenvalue weighted by Gasteiger charge is 2.21. The summed E-state index contributed by atoms with van der Waals surface area (Å²) >= 11 is 0. The second kappa shape index (κ2) is 8.87. The lowest BCUT2D eigenvalue weighted by atomic mass is 9.98. The minimum atomic E-state index is -0.0990. The summed E-state index contributed by atoms with van der Waals surface area (Å²) < 4.78 is 5.18. The van der Waals surface area contributed by atoms with Crippen LogP contribution in [0.2, 0.25) is 0 Å². The van der Waals surface area contributed by atoms with Crippen molar-refractivity contribution in [1.29, 1.82) is 0 Å². The molecule has 1 aliphatic heterocycles. The lowest BCUT2D eigenvalue weighted by Crippen LogP contribution is -2.29. The van der Waals surface area contributed by atoms with E-state index in [1.165, 1.54) is 5.56 Å². The van der Waals surface area contributed by atoms with Crippen LogP contribution in [0.15, 0.2) is 24.3 Å². The highest BCUT2D eigenvalue weighted by molar-refractivity contribution is 5.94. The zero-order valence-electron chi connectivity index (χ0n) is 14.6. The van der Waals surface area contributed by atoms with Gasteiger partial charge in [0.2, 0.25) is 0 Å². The van der Waals surface area contributed by atoms with Crippen LogP contribution >= 0.6 is 12.4 Å². The van der Waals surface area contributed by atoms with E-state index in [1.807, 2.05) is 12.1 Å². The van der Waals surface area contributed by atoms with Gasteiger partial charge in [0.25, 0.3) is 5.91 Å². The maximum absolute atomic E-state index is 12.3. The highest BCUT2D eigenvalue weighted by Crippen LogP contribution is 2.21. The fraction of sp³-hybridized carbons (Fsp3) is 0.444. The van der Waals surface area contributed by atoms with E-state index in [2.05, 4.69) is 39.9 Å². The van der Waals surface area contributed by atoms with E-state index in [9.17, 15) is 4.79 Å². The summed E-state index contributed by atoms with van der Waals surface area (Å²) in [7, 11) is 1.66. The summed E-state index contributed by atoms with van der Waals surface area (Å²) in [6, 6.07) is 8.07. The van der Waals surface area contributed by atoms with Crippen LogP contribution in [0, 0.1) is 0 Å². The second-order valence-corrected chi connectivity index (χ2v) is 6.17. The molecule has 136 valence electrons. The third kappa shape index (κ3) is 4.52. The quantitative estimate of drug-likeness (QED) is 0.735. The molecule has 3 rings (SSSR count). The summed E-state index contributed by atoms with van der Waals surface area (Å²) in [6.45, 7) is 4.42. The fourth-order valence-corrected chi connectivity index (χ4v) is 3.00. The summed E-state index contributed by atoms with van der Waals surface area (Å²) in [5.74, 6) is 1.13. The number of ether oxygens (including phenoxy) is 1. The number of nitrogens with one attached hydrogen (secondary N) is 3. The number of aromatic amines is 1. The molecule has 1 amide bonds. The van der Waals surface area contributed by atoms with E-state index < -0.39 is 0 Å². The Labute approximate surface area is 154 Å². The number of carbonyl (C=O) groups is 1. The first-order valence-corrected chi connectivity index (χ1v) is 8.38. The van der Waals surface area contributed by atoms with Crippen molar-refractivity contribution in [1.82, 2.24) is 20.8 Å². The van der Waals surface area contributed by atoms with E-state index in [1.54, 1.807) is 7.11 Å². The van der Waals surface area contributed by atoms with E-state index in [0.29, 0.717) is 24.7 Å². The molecule has 6 nitrogen and oxygen atoms in total. The van der Waals surface area contributed by atoms with E-state index in [-0.39, 0.29) is 18.3 Å². The predicted octanol–water partition coefficient (Wildman–Crippen LogP) is 2.41. The number of benzene rings is 1. The van der Waals surface area contributed by atoms with Gasteiger partial charge in [-0.25, -0.2) is 0 Å². The molecule has 1 aromatic heterocycles. The Morgan fingerprint density at radius 2 is 2.12 bits per heavy atom. The molecule has 25 heavy (non-hydrogen) atoms. The highest BCUT2D eigenvalue weighted by atomic mass is 35.5. The maximum Gasteiger partial charge on any atom is 0.272 e. The molecule has 2 heterocycles. The van der Waals surface area contributed by atoms with E-state index in [0.717, 1.165) is 36.4 Å². The van der Waals surface area contributed by atoms with Crippen LogP contribution < -0.4 is 15.4 Å². The molecule has 0 spiro atoms. The fourth-order valence-electron chi connectivity index (χ4n) is 3.00. The lowest BCUT2D eigenvalue weighted by molar-refractivity contribution is 0.0946. The molecular weight excluding hydrogens is 340 g/mol. The molecule has 0 saturated carbocycles. The van der Waals surface area contributed by atoms with Gasteiger partial charge in [-0.3, -0.25) is 9.89 Å². The monoisotopic (exact) mass is 364 g/mol. The van der Waals surface area contributed by atoms with Crippen LogP contribution in [0.4, 0.5) is 0 Å². The van der Waals surface area contributed by atoms with Crippen molar-refractivity contribution in [2.45, 2.75) is 32.2 Å². The largest absolute Gasteiger partial charge is 0.497 e. The number of methoxy groups -OCH3 is 1. The van der Waals surface area contributed by atoms with Crippen molar-refractivity contribution in [2.75, 3.05) is 20.2 Å². The van der Waals surface area contributed by atoms with Crippen LogP contribution in [0.1, 0.15) is 46.6 Å². The number of amides is 1. The van der Waals surface area contributed by atoms with Gasteiger partial charge in [-0.1, -0.05) is 19.1 Å². The molecule has 0 fully saturated rings. The first kappa shape index (κ1) is 19.3. The van der Waals surface area contributed by atoms with Gasteiger partial charge in [0.15, 0.2) is 5.69 Å². The number of carbonyl (C=O) groups excluding carboxylic acids is 1. The minimum absolute atomic E-state index is 0. The number of hydrogen-bond donors (Lipinski definition) is 3. The topological polar surface area (TPSA) is 79.0 Å². The number of aromatic nitrogens is 2. The van der Waals surface area contributed by atoms with Crippen molar-refractivity contribution in [3.63, 3.8) is 0 Å². The zero-order valence-corrected chi connectivity index (χ0v) is 15.4. The number of rotatable bonds is 6. The molecule has 3 N–H and O–H groups in total. The van der Waals surface area contributed by atoms with Crippen LogP contribution in [-0.4, -0.2) is 36.3 Å². The Kier molecular flexibility index (Phi) is 6.84. The van der Waals surface area contributed by atoms with Crippen LogP contribution in [-0.2, 0) is 13.0 Å². The number of hydrogen-bond acceptors (Lipinski definition) is 4. The molecule has 0 radical (unpaired) electrons. The third-order valence-corrected chi connectivity index (χ3v) is 4.57. The number of nitrogens with zero attached hydrogens (tertiary/aromatic N) is 1. The summed E-state index contributed by atoms with van der Waals surface area (Å²) in [6.07, 6.45) is 1.77. The van der Waals surface area contributed by atoms with Gasteiger partial charge < -0.3 is 15.4 Å². The molecule has 1 atom stereocenters. The van der Waals surface area contributed by atoms with Gasteiger partial charge in [-0.2, -0.15) is 5.10 Å². The number of fused-ring (bicyclic) bond motifs is 1. The molecule has 7 heteroatoms. The van der Waals surface area contributed by atoms with Gasteiger partial charge in [-0.15, -0.1) is 12.4 Å². The van der Waals surface area contributed by atoms with Crippen molar-refractivity contribution in [3.05, 3.63) is 46.8 Å². The van der Waals surface area contributed by atoms with Crippen LogP contribution in [0.25, 0.3) is 0 Å². The van der Waals surface area contributed by atoms with E-state index in [4.69, 9.17) is 4.74 Å². The van der Waals surface area contributed by atoms with Crippen LogP contribution in [0.5, 0.6) is 5.75 Å². The first-order valence-electron chi connectivity index (χ1n) is 8.38. The van der Waals surface area contributed by atoms with Gasteiger partial charge in [0, 0.05) is 37.3 Å². The van der Waals surface area contributed by atoms with Gasteiger partial charge >= 0.3 is 0 Å². The Bertz CT molecular complexity index is 700. The molecule has 0 aliphatic carbocycles. The van der Waals surface area contributed by atoms with Crippen molar-refractivity contribution in [2.24, 2.45) is 0 Å². The maximum atomic E-state index is 12.3. The van der Waals surface area contributed by atoms with E-state index >= 15 is 0 Å². The Hall–Kier alpha value is -2.05. The summed E-state index contributed by atoms with van der Waals surface area (Å²) in [4.78, 5) is 12.3. The summed E-state index contributed by atoms with van der Waals surface area (Å²) in [5.41, 5.74) is 3.84. The van der Waals surface area contributed by atoms with Crippen LogP contribution in [0.3, 0.4) is 0 Å². The molecule has 2 aromatic rings. The Balaban J connectivity index is 0.00000225. The molecule has 1 aromatic carbocycles. The third-order valence-electron chi connectivity index (χ3n) is 4.57. The Morgan fingerprint density at radius 1 is 1.36 bits per heavy atom. The van der Waals surface area contributed by atoms with Crippen molar-refractivity contribution >= 4 is 18.3 Å². The Morgan fingerprint density at radius 3 is 2.84 bits per heavy atom. The number of halogens is 1. The molecular formula is C18H25ClN4O2. The second-order valence-electron chi connectivity index (χ2n) is 6.17. The summed E-state index contributed by atoms with van der Waals surface area (Å²) in [5, 5.41) is 13.4. The lowest BCUT2D eigenvalue weighted by Gasteiger charge is -2.14. The normalized spacial score (nSPS) is 14.2. The number of H-pyrrole nitrogens is 1. The van der Waals surface area contributed by atoms with Crippen molar-refractivity contribution in [3.8, 4) is 5.75 Å². The van der Waals surface area contributed by atoms with Gasteiger partial charge in [0.1, 0.15) is 5.75 Å². The predicted molar refractivity (Wildman–Crippen MR) is 99.6 cm³/mol. The van der Waals surface area contributed by atoms with Gasteiger partial charge in [0.05, 0.1) is 7.11 Å². The zero-order chi connectivity index (χ0) is 16.9. The van der Waals surface area contributed by atoms with Gasteiger partial charge in [-0.05, 0) is 30.0 Å². The first-order chi connectivity index (χ1) is 11.7. The molecule has 1 aliphatic rings. The standard InChI is InChI=1S/C18H24N4O2.ClH/c1-12(13-3-5-14(24-2)6-4-13)7-10-20-18(23)17-15-11-19-9-8-16(15)21-22-17;/h3-6,12,19H,7-11H2,1-2H3,(H,20,23)(H,21,22);1H. The SMILES string of the molecule is COc1ccc(C(C)CCNC(=O)c2n[nH]c3c2CNCC3)cc1.Cl. The molecule has 0 saturated heterocycles.